The van der Waals surface area contributed by atoms with Crippen LogP contribution >= 0.6 is 0 Å². The molecule has 0 heterocycles. The molecule has 0 aromatic carbocycles. The number of hydrogen-bond acceptors (Lipinski definition) is 1. The van der Waals surface area contributed by atoms with Crippen LogP contribution in [-0.2, 0) is 0 Å². The van der Waals surface area contributed by atoms with Crippen LogP contribution in [0.15, 0.2) is 0 Å². The van der Waals surface area contributed by atoms with Crippen molar-refractivity contribution in [2.75, 3.05) is 0 Å². The molecule has 0 amide bonds. The van der Waals surface area contributed by atoms with Crippen molar-refractivity contribution in [3.8, 4) is 0 Å². The molecule has 1 heteroatoms. The third-order valence-electron chi connectivity index (χ3n) is 2.25. The Morgan fingerprint density at radius 1 is 1.18 bits per heavy atom. The van der Waals surface area contributed by atoms with Crippen molar-refractivity contribution in [3.63, 3.8) is 0 Å². The first-order valence-electron chi connectivity index (χ1n) is 4.76. The molecule has 0 spiro atoms. The second-order valence-electron chi connectivity index (χ2n) is 3.88. The number of aliphatic hydroxyl groups is 1. The Morgan fingerprint density at radius 2 is 1.73 bits per heavy atom. The Kier molecular flexibility index (Phi) is 5.57. The third kappa shape index (κ3) is 5.25. The summed E-state index contributed by atoms with van der Waals surface area (Å²) in [5, 5.41) is 9.20. The van der Waals surface area contributed by atoms with E-state index in [1.165, 1.54) is 12.8 Å². The van der Waals surface area contributed by atoms with Gasteiger partial charge in [0.1, 0.15) is 0 Å². The maximum Gasteiger partial charge on any atom is 0.0514 e. The highest BCUT2D eigenvalue weighted by molar-refractivity contribution is 4.65. The Balaban J connectivity index is 3.69. The van der Waals surface area contributed by atoms with E-state index < -0.39 is 0 Å². The molecule has 0 saturated heterocycles. The van der Waals surface area contributed by atoms with E-state index in [2.05, 4.69) is 20.8 Å². The van der Waals surface area contributed by atoms with Crippen molar-refractivity contribution in [3.05, 3.63) is 0 Å². The smallest absolute Gasteiger partial charge is 0.0514 e. The Hall–Kier alpha value is -0.0400. The normalized spacial score (nSPS) is 16.9. The molecular formula is C10H22O. The van der Waals surface area contributed by atoms with Crippen LogP contribution in [0.5, 0.6) is 0 Å². The summed E-state index contributed by atoms with van der Waals surface area (Å²) < 4.78 is 0. The van der Waals surface area contributed by atoms with E-state index in [0.717, 1.165) is 6.42 Å². The lowest BCUT2D eigenvalue weighted by molar-refractivity contribution is 0.141. The van der Waals surface area contributed by atoms with Gasteiger partial charge in [-0.2, -0.15) is 0 Å². The Bertz CT molecular complexity index is 86.9. The Morgan fingerprint density at radius 3 is 2.00 bits per heavy atom. The molecule has 0 rings (SSSR count). The van der Waals surface area contributed by atoms with Gasteiger partial charge in [0, 0.05) is 0 Å². The van der Waals surface area contributed by atoms with E-state index in [4.69, 9.17) is 0 Å². The summed E-state index contributed by atoms with van der Waals surface area (Å²) in [6, 6.07) is 0. The fourth-order valence-electron chi connectivity index (χ4n) is 1.53. The number of aliphatic hydroxyl groups excluding tert-OH is 1. The summed E-state index contributed by atoms with van der Waals surface area (Å²) in [4.78, 5) is 0. The van der Waals surface area contributed by atoms with Gasteiger partial charge in [-0.05, 0) is 25.2 Å². The maximum absolute atomic E-state index is 9.20. The quantitative estimate of drug-likeness (QED) is 0.652. The predicted molar refractivity (Wildman–Crippen MR) is 49.5 cm³/mol. The van der Waals surface area contributed by atoms with Crippen molar-refractivity contribution in [2.24, 2.45) is 11.8 Å². The minimum absolute atomic E-state index is 0.131. The molecule has 0 aliphatic carbocycles. The van der Waals surface area contributed by atoms with Gasteiger partial charge < -0.3 is 5.11 Å². The van der Waals surface area contributed by atoms with Crippen molar-refractivity contribution in [1.82, 2.24) is 0 Å². The first-order chi connectivity index (χ1) is 5.07. The van der Waals surface area contributed by atoms with E-state index in [-0.39, 0.29) is 6.10 Å². The standard InChI is InChI=1S/C10H22O/c1-5-6-10(8(2)3)7-9(4)11/h8-11H,5-7H2,1-4H3. The molecule has 2 atom stereocenters. The molecule has 0 saturated carbocycles. The molecule has 0 fully saturated rings. The zero-order chi connectivity index (χ0) is 8.85. The SMILES string of the molecule is CCCC(CC(C)O)C(C)C. The summed E-state index contributed by atoms with van der Waals surface area (Å²) in [6.07, 6.45) is 3.32. The lowest BCUT2D eigenvalue weighted by atomic mass is 9.87. The minimum atomic E-state index is -0.131. The van der Waals surface area contributed by atoms with Crippen LogP contribution in [0.25, 0.3) is 0 Å². The van der Waals surface area contributed by atoms with Gasteiger partial charge in [-0.15, -0.1) is 0 Å². The van der Waals surface area contributed by atoms with Crippen LogP contribution in [0, 0.1) is 11.8 Å². The van der Waals surface area contributed by atoms with Crippen LogP contribution in [0.4, 0.5) is 0 Å². The lowest BCUT2D eigenvalue weighted by Crippen LogP contribution is -2.15. The molecule has 0 aliphatic heterocycles. The first kappa shape index (κ1) is 11.0. The first-order valence-corrected chi connectivity index (χ1v) is 4.76. The van der Waals surface area contributed by atoms with Gasteiger partial charge in [-0.25, -0.2) is 0 Å². The molecule has 1 nitrogen and oxygen atoms in total. The van der Waals surface area contributed by atoms with E-state index in [1.807, 2.05) is 6.92 Å². The van der Waals surface area contributed by atoms with E-state index >= 15 is 0 Å². The topological polar surface area (TPSA) is 20.2 Å². The molecule has 0 aliphatic rings. The maximum atomic E-state index is 9.20. The molecule has 1 N–H and O–H groups in total. The molecular weight excluding hydrogens is 136 g/mol. The van der Waals surface area contributed by atoms with Gasteiger partial charge >= 0.3 is 0 Å². The van der Waals surface area contributed by atoms with Crippen molar-refractivity contribution in [1.29, 1.82) is 0 Å². The molecule has 0 aromatic rings. The van der Waals surface area contributed by atoms with E-state index in [9.17, 15) is 5.11 Å². The van der Waals surface area contributed by atoms with Crippen molar-refractivity contribution < 1.29 is 5.11 Å². The second kappa shape index (κ2) is 5.59. The lowest BCUT2D eigenvalue weighted by Gasteiger charge is -2.21. The number of hydrogen-bond donors (Lipinski definition) is 1. The van der Waals surface area contributed by atoms with Crippen LogP contribution in [0.1, 0.15) is 47.0 Å². The zero-order valence-electron chi connectivity index (χ0n) is 8.30. The molecule has 68 valence electrons. The summed E-state index contributed by atoms with van der Waals surface area (Å²) >= 11 is 0. The third-order valence-corrected chi connectivity index (χ3v) is 2.25. The number of rotatable bonds is 5. The molecule has 0 bridgehead atoms. The fraction of sp³-hybridized carbons (Fsp3) is 1.00. The summed E-state index contributed by atoms with van der Waals surface area (Å²) in [5.41, 5.74) is 0. The molecule has 2 unspecified atom stereocenters. The molecule has 11 heavy (non-hydrogen) atoms. The largest absolute Gasteiger partial charge is 0.393 e. The van der Waals surface area contributed by atoms with Crippen LogP contribution < -0.4 is 0 Å². The molecule has 0 radical (unpaired) electrons. The second-order valence-corrected chi connectivity index (χ2v) is 3.88. The zero-order valence-corrected chi connectivity index (χ0v) is 8.30. The molecule has 0 aromatic heterocycles. The summed E-state index contributed by atoms with van der Waals surface area (Å²) in [6.45, 7) is 8.56. The van der Waals surface area contributed by atoms with Crippen LogP contribution in [0.3, 0.4) is 0 Å². The van der Waals surface area contributed by atoms with Crippen molar-refractivity contribution in [2.45, 2.75) is 53.1 Å². The Labute approximate surface area is 70.8 Å². The summed E-state index contributed by atoms with van der Waals surface area (Å²) in [5.74, 6) is 1.42. The van der Waals surface area contributed by atoms with Gasteiger partial charge in [0.15, 0.2) is 0 Å². The summed E-state index contributed by atoms with van der Waals surface area (Å²) in [7, 11) is 0. The highest BCUT2D eigenvalue weighted by atomic mass is 16.3. The highest BCUT2D eigenvalue weighted by Crippen LogP contribution is 2.22. The minimum Gasteiger partial charge on any atom is -0.393 e. The average molecular weight is 158 g/mol. The fourth-order valence-corrected chi connectivity index (χ4v) is 1.53. The van der Waals surface area contributed by atoms with Gasteiger partial charge in [0.2, 0.25) is 0 Å². The predicted octanol–water partition coefficient (Wildman–Crippen LogP) is 2.83. The monoisotopic (exact) mass is 158 g/mol. The van der Waals surface area contributed by atoms with E-state index in [0.29, 0.717) is 11.8 Å². The highest BCUT2D eigenvalue weighted by Gasteiger charge is 2.14. The van der Waals surface area contributed by atoms with Gasteiger partial charge in [-0.1, -0.05) is 33.6 Å². The van der Waals surface area contributed by atoms with Gasteiger partial charge in [0.25, 0.3) is 0 Å². The van der Waals surface area contributed by atoms with Crippen LogP contribution in [0.2, 0.25) is 0 Å². The van der Waals surface area contributed by atoms with Gasteiger partial charge in [0.05, 0.1) is 6.10 Å². The van der Waals surface area contributed by atoms with Crippen molar-refractivity contribution >= 4 is 0 Å². The van der Waals surface area contributed by atoms with Gasteiger partial charge in [-0.3, -0.25) is 0 Å². The van der Waals surface area contributed by atoms with Crippen LogP contribution in [-0.4, -0.2) is 11.2 Å². The average Bonchev–Trinajstić information content (AvgIpc) is 1.86. The van der Waals surface area contributed by atoms with E-state index in [1.54, 1.807) is 0 Å².